The summed E-state index contributed by atoms with van der Waals surface area (Å²) in [4.78, 5) is 2.71. The summed E-state index contributed by atoms with van der Waals surface area (Å²) in [5.41, 5.74) is 0. The van der Waals surface area contributed by atoms with E-state index >= 15 is 0 Å². The molecule has 1 aromatic rings. The summed E-state index contributed by atoms with van der Waals surface area (Å²) < 4.78 is 28.2. The summed E-state index contributed by atoms with van der Waals surface area (Å²) >= 11 is 3.30. The van der Waals surface area contributed by atoms with Crippen LogP contribution in [0.1, 0.15) is 26.2 Å². The normalized spacial score (nSPS) is 18.3. The maximum Gasteiger partial charge on any atom is 0.241 e. The topological polar surface area (TPSA) is 49.4 Å². The standard InChI is InChI=1S/C14H21BrN2O2S/c1-2-9-17-10-7-12(8-11-17)16-20(18,19)14-6-4-3-5-13(14)15/h3-6,12,16H,2,7-11H2,1H3. The summed E-state index contributed by atoms with van der Waals surface area (Å²) in [6.07, 6.45) is 2.90. The number of piperidine rings is 1. The van der Waals surface area contributed by atoms with Crippen molar-refractivity contribution in [2.24, 2.45) is 0 Å². The molecule has 2 rings (SSSR count). The van der Waals surface area contributed by atoms with Crippen molar-refractivity contribution in [3.05, 3.63) is 28.7 Å². The molecule has 20 heavy (non-hydrogen) atoms. The molecule has 1 heterocycles. The van der Waals surface area contributed by atoms with Crippen LogP contribution in [-0.4, -0.2) is 39.0 Å². The van der Waals surface area contributed by atoms with Crippen LogP contribution in [0, 0.1) is 0 Å². The number of nitrogens with one attached hydrogen (secondary N) is 1. The molecule has 4 nitrogen and oxygen atoms in total. The van der Waals surface area contributed by atoms with Crippen molar-refractivity contribution in [3.8, 4) is 0 Å². The number of hydrogen-bond donors (Lipinski definition) is 1. The number of nitrogens with zero attached hydrogens (tertiary/aromatic N) is 1. The Bertz CT molecular complexity index is 540. The Morgan fingerprint density at radius 3 is 2.55 bits per heavy atom. The molecule has 0 aromatic heterocycles. The SMILES string of the molecule is CCCN1CCC(NS(=O)(=O)c2ccccc2Br)CC1. The molecule has 0 saturated carbocycles. The molecule has 0 bridgehead atoms. The molecule has 1 saturated heterocycles. The van der Waals surface area contributed by atoms with Gasteiger partial charge in [-0.3, -0.25) is 0 Å². The Labute approximate surface area is 129 Å². The summed E-state index contributed by atoms with van der Waals surface area (Å²) in [5, 5.41) is 0. The fourth-order valence-corrected chi connectivity index (χ4v) is 4.84. The third kappa shape index (κ3) is 4.04. The van der Waals surface area contributed by atoms with E-state index in [9.17, 15) is 8.42 Å². The van der Waals surface area contributed by atoms with E-state index in [2.05, 4.69) is 32.5 Å². The molecule has 6 heteroatoms. The van der Waals surface area contributed by atoms with Gasteiger partial charge in [0, 0.05) is 10.5 Å². The monoisotopic (exact) mass is 360 g/mol. The zero-order chi connectivity index (χ0) is 14.6. The van der Waals surface area contributed by atoms with Crippen molar-refractivity contribution in [2.45, 2.75) is 37.1 Å². The van der Waals surface area contributed by atoms with Crippen LogP contribution >= 0.6 is 15.9 Å². The Balaban J connectivity index is 1.99. The van der Waals surface area contributed by atoms with Crippen molar-refractivity contribution >= 4 is 26.0 Å². The van der Waals surface area contributed by atoms with Crippen molar-refractivity contribution in [2.75, 3.05) is 19.6 Å². The van der Waals surface area contributed by atoms with Crippen LogP contribution in [0.15, 0.2) is 33.6 Å². The van der Waals surface area contributed by atoms with Crippen LogP contribution in [-0.2, 0) is 10.0 Å². The van der Waals surface area contributed by atoms with E-state index in [4.69, 9.17) is 0 Å². The molecule has 0 radical (unpaired) electrons. The first-order chi connectivity index (χ1) is 9.53. The second-order valence-corrected chi connectivity index (χ2v) is 7.70. The first-order valence-corrected chi connectivity index (χ1v) is 9.30. The molecule has 1 aromatic carbocycles. The lowest BCUT2D eigenvalue weighted by atomic mass is 10.1. The van der Waals surface area contributed by atoms with Crippen molar-refractivity contribution in [1.82, 2.24) is 9.62 Å². The molecule has 0 atom stereocenters. The highest BCUT2D eigenvalue weighted by atomic mass is 79.9. The lowest BCUT2D eigenvalue weighted by Gasteiger charge is -2.31. The molecule has 1 fully saturated rings. The third-order valence-electron chi connectivity index (χ3n) is 3.58. The molecular weight excluding hydrogens is 340 g/mol. The molecule has 1 aliphatic heterocycles. The Morgan fingerprint density at radius 1 is 1.30 bits per heavy atom. The molecule has 0 amide bonds. The summed E-state index contributed by atoms with van der Waals surface area (Å²) in [7, 11) is -3.44. The highest BCUT2D eigenvalue weighted by Gasteiger charge is 2.25. The summed E-state index contributed by atoms with van der Waals surface area (Å²) in [6.45, 7) is 5.21. The Hall–Kier alpha value is -0.430. The number of sulfonamides is 1. The molecule has 0 spiro atoms. The molecule has 112 valence electrons. The molecule has 1 aliphatic rings. The second kappa shape index (κ2) is 7.02. The van der Waals surface area contributed by atoms with Gasteiger partial charge in [-0.05, 0) is 67.0 Å². The maximum absolute atomic E-state index is 12.4. The van der Waals surface area contributed by atoms with Gasteiger partial charge in [-0.2, -0.15) is 0 Å². The third-order valence-corrected chi connectivity index (χ3v) is 6.11. The van der Waals surface area contributed by atoms with Crippen LogP contribution in [0.5, 0.6) is 0 Å². The van der Waals surface area contributed by atoms with Gasteiger partial charge in [-0.25, -0.2) is 13.1 Å². The highest BCUT2D eigenvalue weighted by Crippen LogP contribution is 2.22. The van der Waals surface area contributed by atoms with Crippen molar-refractivity contribution in [1.29, 1.82) is 0 Å². The van der Waals surface area contributed by atoms with Crippen molar-refractivity contribution < 1.29 is 8.42 Å². The van der Waals surface area contributed by atoms with Crippen LogP contribution in [0.25, 0.3) is 0 Å². The minimum Gasteiger partial charge on any atom is -0.303 e. The predicted molar refractivity (Wildman–Crippen MR) is 84.2 cm³/mol. The van der Waals surface area contributed by atoms with Gasteiger partial charge in [0.05, 0.1) is 4.90 Å². The number of halogens is 1. The van der Waals surface area contributed by atoms with Gasteiger partial charge in [-0.1, -0.05) is 19.1 Å². The molecule has 0 aliphatic carbocycles. The fraction of sp³-hybridized carbons (Fsp3) is 0.571. The van der Waals surface area contributed by atoms with Gasteiger partial charge in [0.2, 0.25) is 10.0 Å². The summed E-state index contributed by atoms with van der Waals surface area (Å²) in [5.74, 6) is 0. The average Bonchev–Trinajstić information content (AvgIpc) is 2.41. The molecule has 0 unspecified atom stereocenters. The van der Waals surface area contributed by atoms with Gasteiger partial charge in [0.1, 0.15) is 0 Å². The van der Waals surface area contributed by atoms with E-state index in [1.54, 1.807) is 18.2 Å². The van der Waals surface area contributed by atoms with E-state index in [0.717, 1.165) is 38.9 Å². The van der Waals surface area contributed by atoms with Crippen LogP contribution in [0.4, 0.5) is 0 Å². The highest BCUT2D eigenvalue weighted by molar-refractivity contribution is 9.10. The fourth-order valence-electron chi connectivity index (χ4n) is 2.54. The van der Waals surface area contributed by atoms with Crippen LogP contribution in [0.2, 0.25) is 0 Å². The Kier molecular flexibility index (Phi) is 5.60. The van der Waals surface area contributed by atoms with E-state index < -0.39 is 10.0 Å². The molecule has 1 N–H and O–H groups in total. The number of rotatable bonds is 5. The lowest BCUT2D eigenvalue weighted by molar-refractivity contribution is 0.208. The minimum absolute atomic E-state index is 0.0419. The number of hydrogen-bond acceptors (Lipinski definition) is 3. The average molecular weight is 361 g/mol. The quantitative estimate of drug-likeness (QED) is 0.877. The zero-order valence-electron chi connectivity index (χ0n) is 11.7. The lowest BCUT2D eigenvalue weighted by Crippen LogP contribution is -2.44. The predicted octanol–water partition coefficient (Wildman–Crippen LogP) is 2.60. The van der Waals surface area contributed by atoms with Gasteiger partial charge >= 0.3 is 0 Å². The number of benzene rings is 1. The first-order valence-electron chi connectivity index (χ1n) is 7.02. The largest absolute Gasteiger partial charge is 0.303 e. The first kappa shape index (κ1) is 15.9. The van der Waals surface area contributed by atoms with E-state index in [-0.39, 0.29) is 6.04 Å². The minimum atomic E-state index is -3.44. The van der Waals surface area contributed by atoms with Crippen molar-refractivity contribution in [3.63, 3.8) is 0 Å². The summed E-state index contributed by atoms with van der Waals surface area (Å²) in [6, 6.07) is 6.97. The smallest absolute Gasteiger partial charge is 0.241 e. The van der Waals surface area contributed by atoms with Gasteiger partial charge in [-0.15, -0.1) is 0 Å². The van der Waals surface area contributed by atoms with E-state index in [0.29, 0.717) is 9.37 Å². The second-order valence-electron chi connectivity index (χ2n) is 5.17. The van der Waals surface area contributed by atoms with E-state index in [1.165, 1.54) is 0 Å². The zero-order valence-corrected chi connectivity index (χ0v) is 14.1. The van der Waals surface area contributed by atoms with Crippen LogP contribution < -0.4 is 4.72 Å². The van der Waals surface area contributed by atoms with E-state index in [1.807, 2.05) is 6.07 Å². The molecular formula is C14H21BrN2O2S. The maximum atomic E-state index is 12.4. The Morgan fingerprint density at radius 2 is 1.95 bits per heavy atom. The number of likely N-dealkylation sites (tertiary alicyclic amines) is 1. The van der Waals surface area contributed by atoms with Gasteiger partial charge < -0.3 is 4.90 Å². The van der Waals surface area contributed by atoms with Gasteiger partial charge in [0.25, 0.3) is 0 Å². The van der Waals surface area contributed by atoms with Crippen LogP contribution in [0.3, 0.4) is 0 Å². The van der Waals surface area contributed by atoms with Gasteiger partial charge in [0.15, 0.2) is 0 Å².